The lowest BCUT2D eigenvalue weighted by Crippen LogP contribution is -2.40. The number of methoxy groups -OCH3 is 1. The van der Waals surface area contributed by atoms with Crippen LogP contribution in [0.4, 0.5) is 0 Å². The van der Waals surface area contributed by atoms with E-state index in [0.717, 1.165) is 31.7 Å². The number of carbonyl (C=O) groups is 1. The first-order valence-electron chi connectivity index (χ1n) is 7.93. The second-order valence-corrected chi connectivity index (χ2v) is 6.12. The maximum atomic E-state index is 12.5. The normalized spacial score (nSPS) is 19.9. The molecule has 1 unspecified atom stereocenters. The van der Waals surface area contributed by atoms with Crippen LogP contribution < -0.4 is 15.4 Å². The van der Waals surface area contributed by atoms with E-state index in [-0.39, 0.29) is 30.3 Å². The van der Waals surface area contributed by atoms with Crippen molar-refractivity contribution in [1.82, 2.24) is 10.6 Å². The van der Waals surface area contributed by atoms with Gasteiger partial charge in [0.1, 0.15) is 5.75 Å². The van der Waals surface area contributed by atoms with Crippen LogP contribution in [0.5, 0.6) is 5.75 Å². The molecule has 0 spiro atoms. The van der Waals surface area contributed by atoms with E-state index in [4.69, 9.17) is 4.74 Å². The van der Waals surface area contributed by atoms with Gasteiger partial charge < -0.3 is 15.4 Å². The van der Waals surface area contributed by atoms with Crippen LogP contribution in [-0.2, 0) is 4.79 Å². The number of rotatable bonds is 5. The zero-order valence-corrected chi connectivity index (χ0v) is 13.8. The summed E-state index contributed by atoms with van der Waals surface area (Å²) >= 11 is 0. The van der Waals surface area contributed by atoms with E-state index in [1.54, 1.807) is 7.11 Å². The average molecular weight is 325 g/mol. The Kier molecular flexibility index (Phi) is 6.09. The minimum atomic E-state index is 0. The molecule has 122 valence electrons. The number of amides is 1. The van der Waals surface area contributed by atoms with E-state index in [1.807, 2.05) is 12.1 Å². The second-order valence-electron chi connectivity index (χ2n) is 6.12. The minimum Gasteiger partial charge on any atom is -0.497 e. The van der Waals surface area contributed by atoms with E-state index in [0.29, 0.717) is 5.92 Å². The van der Waals surface area contributed by atoms with E-state index in [9.17, 15) is 4.79 Å². The van der Waals surface area contributed by atoms with Crippen LogP contribution in [0.15, 0.2) is 24.3 Å². The fourth-order valence-electron chi connectivity index (χ4n) is 3.07. The van der Waals surface area contributed by atoms with Crippen molar-refractivity contribution in [2.75, 3.05) is 20.2 Å². The van der Waals surface area contributed by atoms with Crippen molar-refractivity contribution in [3.63, 3.8) is 0 Å². The van der Waals surface area contributed by atoms with Gasteiger partial charge in [0.25, 0.3) is 0 Å². The zero-order valence-electron chi connectivity index (χ0n) is 13.0. The molecule has 1 saturated carbocycles. The number of nitrogens with one attached hydrogen (secondary N) is 2. The Morgan fingerprint density at radius 2 is 1.82 bits per heavy atom. The third-order valence-corrected chi connectivity index (χ3v) is 4.58. The van der Waals surface area contributed by atoms with Gasteiger partial charge in [0.15, 0.2) is 0 Å². The first kappa shape index (κ1) is 17.1. The van der Waals surface area contributed by atoms with Gasteiger partial charge in [-0.05, 0) is 62.4 Å². The molecule has 2 fully saturated rings. The van der Waals surface area contributed by atoms with Crippen LogP contribution in [0.25, 0.3) is 0 Å². The molecular weight excluding hydrogens is 300 g/mol. The summed E-state index contributed by atoms with van der Waals surface area (Å²) in [6.07, 6.45) is 4.32. The van der Waals surface area contributed by atoms with Gasteiger partial charge in [0, 0.05) is 5.92 Å². The van der Waals surface area contributed by atoms with Gasteiger partial charge >= 0.3 is 0 Å². The van der Waals surface area contributed by atoms with Gasteiger partial charge in [-0.2, -0.15) is 0 Å². The molecule has 1 atom stereocenters. The van der Waals surface area contributed by atoms with Gasteiger partial charge in [-0.1, -0.05) is 12.1 Å². The Hall–Kier alpha value is -1.26. The topological polar surface area (TPSA) is 50.4 Å². The first-order valence-corrected chi connectivity index (χ1v) is 7.93. The molecule has 1 saturated heterocycles. The zero-order chi connectivity index (χ0) is 14.7. The van der Waals surface area contributed by atoms with E-state index >= 15 is 0 Å². The summed E-state index contributed by atoms with van der Waals surface area (Å²) in [5.74, 6) is 1.86. The monoisotopic (exact) mass is 324 g/mol. The minimum absolute atomic E-state index is 0. The summed E-state index contributed by atoms with van der Waals surface area (Å²) < 4.78 is 5.21. The van der Waals surface area contributed by atoms with Crippen molar-refractivity contribution >= 4 is 18.3 Å². The summed E-state index contributed by atoms with van der Waals surface area (Å²) in [5, 5.41) is 6.60. The van der Waals surface area contributed by atoms with Gasteiger partial charge in [-0.15, -0.1) is 12.4 Å². The Labute approximate surface area is 138 Å². The molecule has 0 radical (unpaired) electrons. The maximum Gasteiger partial charge on any atom is 0.223 e. The number of benzene rings is 1. The van der Waals surface area contributed by atoms with Crippen molar-refractivity contribution in [3.8, 4) is 5.75 Å². The lowest BCUT2D eigenvalue weighted by Gasteiger charge is -2.26. The first-order chi connectivity index (χ1) is 10.3. The molecule has 1 aliphatic heterocycles. The van der Waals surface area contributed by atoms with Crippen molar-refractivity contribution in [1.29, 1.82) is 0 Å². The van der Waals surface area contributed by atoms with Gasteiger partial charge in [-0.25, -0.2) is 0 Å². The molecule has 2 N–H and O–H groups in total. The van der Waals surface area contributed by atoms with E-state index in [2.05, 4.69) is 22.8 Å². The largest absolute Gasteiger partial charge is 0.497 e. The number of halogens is 1. The van der Waals surface area contributed by atoms with Crippen molar-refractivity contribution in [3.05, 3.63) is 29.8 Å². The molecular formula is C17H25ClN2O2. The molecule has 1 heterocycles. The van der Waals surface area contributed by atoms with Gasteiger partial charge in [0.05, 0.1) is 13.2 Å². The van der Waals surface area contributed by atoms with Crippen LogP contribution >= 0.6 is 12.4 Å². The Bertz CT molecular complexity index is 482. The molecule has 2 aliphatic rings. The van der Waals surface area contributed by atoms with Crippen LogP contribution in [0.3, 0.4) is 0 Å². The SMILES string of the molecule is COc1ccc(C(NC(=O)C2CCNCC2)C2CC2)cc1.Cl. The lowest BCUT2D eigenvalue weighted by atomic mass is 9.95. The number of ether oxygens (including phenoxy) is 1. The molecule has 1 aromatic carbocycles. The van der Waals surface area contributed by atoms with Gasteiger partial charge in [0.2, 0.25) is 5.91 Å². The Morgan fingerprint density at radius 3 is 2.36 bits per heavy atom. The van der Waals surface area contributed by atoms with E-state index < -0.39 is 0 Å². The standard InChI is InChI=1S/C17H24N2O2.ClH/c1-21-15-6-4-13(5-7-15)16(12-2-3-12)19-17(20)14-8-10-18-11-9-14;/h4-7,12,14,16,18H,2-3,8-11H2,1H3,(H,19,20);1H. The molecule has 1 amide bonds. The van der Waals surface area contributed by atoms with Crippen LogP contribution in [0.1, 0.15) is 37.3 Å². The van der Waals surface area contributed by atoms with Gasteiger partial charge in [-0.3, -0.25) is 4.79 Å². The van der Waals surface area contributed by atoms with Crippen LogP contribution in [0, 0.1) is 11.8 Å². The predicted octanol–water partition coefficient (Wildman–Crippen LogP) is 2.68. The third kappa shape index (κ3) is 4.14. The highest BCUT2D eigenvalue weighted by Gasteiger charge is 2.34. The third-order valence-electron chi connectivity index (χ3n) is 4.58. The van der Waals surface area contributed by atoms with E-state index in [1.165, 1.54) is 18.4 Å². The summed E-state index contributed by atoms with van der Waals surface area (Å²) in [7, 11) is 1.67. The van der Waals surface area contributed by atoms with Crippen molar-refractivity contribution < 1.29 is 9.53 Å². The molecule has 0 bridgehead atoms. The summed E-state index contributed by atoms with van der Waals surface area (Å²) in [6, 6.07) is 8.26. The number of piperidine rings is 1. The summed E-state index contributed by atoms with van der Waals surface area (Å²) in [5.41, 5.74) is 1.19. The molecule has 5 heteroatoms. The smallest absolute Gasteiger partial charge is 0.223 e. The molecule has 1 aliphatic carbocycles. The number of hydrogen-bond acceptors (Lipinski definition) is 3. The highest BCUT2D eigenvalue weighted by atomic mass is 35.5. The maximum absolute atomic E-state index is 12.5. The molecule has 1 aromatic rings. The fraction of sp³-hybridized carbons (Fsp3) is 0.588. The molecule has 3 rings (SSSR count). The second kappa shape index (κ2) is 7.84. The Morgan fingerprint density at radius 1 is 1.18 bits per heavy atom. The number of hydrogen-bond donors (Lipinski definition) is 2. The lowest BCUT2D eigenvalue weighted by molar-refractivity contribution is -0.126. The Balaban J connectivity index is 0.00000176. The van der Waals surface area contributed by atoms with Crippen molar-refractivity contribution in [2.24, 2.45) is 11.8 Å². The molecule has 0 aromatic heterocycles. The predicted molar refractivity (Wildman–Crippen MR) is 89.4 cm³/mol. The highest BCUT2D eigenvalue weighted by molar-refractivity contribution is 5.85. The van der Waals surface area contributed by atoms with Crippen LogP contribution in [0.2, 0.25) is 0 Å². The van der Waals surface area contributed by atoms with Crippen LogP contribution in [-0.4, -0.2) is 26.1 Å². The average Bonchev–Trinajstić information content (AvgIpc) is 3.38. The van der Waals surface area contributed by atoms with Crippen molar-refractivity contribution in [2.45, 2.75) is 31.7 Å². The summed E-state index contributed by atoms with van der Waals surface area (Å²) in [6.45, 7) is 1.91. The number of carbonyl (C=O) groups excluding carboxylic acids is 1. The molecule has 4 nitrogen and oxygen atoms in total. The quantitative estimate of drug-likeness (QED) is 0.875. The molecule has 22 heavy (non-hydrogen) atoms. The fourth-order valence-corrected chi connectivity index (χ4v) is 3.07. The summed E-state index contributed by atoms with van der Waals surface area (Å²) in [4.78, 5) is 12.5. The highest BCUT2D eigenvalue weighted by Crippen LogP contribution is 2.41.